The third kappa shape index (κ3) is 4.28. The van der Waals surface area contributed by atoms with E-state index in [2.05, 4.69) is 15.6 Å². The highest BCUT2D eigenvalue weighted by Crippen LogP contribution is 2.24. The van der Waals surface area contributed by atoms with E-state index in [9.17, 15) is 9.18 Å². The summed E-state index contributed by atoms with van der Waals surface area (Å²) in [4.78, 5) is 17.3. The van der Waals surface area contributed by atoms with Crippen molar-refractivity contribution in [1.29, 1.82) is 0 Å². The molecule has 0 radical (unpaired) electrons. The number of nitrogens with one attached hydrogen (secondary N) is 2. The molecule has 3 rings (SSSR count). The predicted octanol–water partition coefficient (Wildman–Crippen LogP) is 3.09. The molecule has 1 amide bonds. The minimum Gasteiger partial charge on any atom is -0.316 e. The number of carbonyl (C=O) groups is 1. The number of hydrogen-bond donors (Lipinski definition) is 2. The highest BCUT2D eigenvalue weighted by atomic mass is 35.5. The van der Waals surface area contributed by atoms with E-state index in [0.29, 0.717) is 23.0 Å². The first-order chi connectivity index (χ1) is 10.6. The Morgan fingerprint density at radius 2 is 2.22 bits per heavy atom. The maximum atomic E-state index is 13.6. The van der Waals surface area contributed by atoms with E-state index in [4.69, 9.17) is 0 Å². The van der Waals surface area contributed by atoms with Crippen LogP contribution in [0.1, 0.15) is 17.4 Å². The molecule has 1 saturated heterocycles. The average Bonchev–Trinajstić information content (AvgIpc) is 2.86. The molecule has 1 atom stereocenters. The maximum absolute atomic E-state index is 13.6. The van der Waals surface area contributed by atoms with Crippen molar-refractivity contribution in [1.82, 2.24) is 10.3 Å². The first-order valence-electron chi connectivity index (χ1n) is 7.33. The van der Waals surface area contributed by atoms with Crippen LogP contribution in [0.3, 0.4) is 0 Å². The number of carbonyl (C=O) groups excluding carboxylic acids is 1. The van der Waals surface area contributed by atoms with Crippen LogP contribution < -0.4 is 10.6 Å². The second-order valence-corrected chi connectivity index (χ2v) is 6.71. The Balaban J connectivity index is 0.00000192. The first kappa shape index (κ1) is 17.8. The fourth-order valence-corrected chi connectivity index (χ4v) is 3.21. The van der Waals surface area contributed by atoms with E-state index in [1.165, 1.54) is 17.4 Å². The maximum Gasteiger partial charge on any atom is 0.229 e. The summed E-state index contributed by atoms with van der Waals surface area (Å²) in [5, 5.41) is 6.61. The number of amides is 1. The van der Waals surface area contributed by atoms with Crippen molar-refractivity contribution in [3.05, 3.63) is 46.7 Å². The normalized spacial score (nSPS) is 15.4. The van der Waals surface area contributed by atoms with Crippen molar-refractivity contribution in [2.75, 3.05) is 18.4 Å². The molecule has 124 valence electrons. The summed E-state index contributed by atoms with van der Waals surface area (Å²) in [6, 6.07) is 6.71. The van der Waals surface area contributed by atoms with Gasteiger partial charge < -0.3 is 10.6 Å². The van der Waals surface area contributed by atoms with Gasteiger partial charge in [0.05, 0.1) is 0 Å². The van der Waals surface area contributed by atoms with Gasteiger partial charge in [-0.3, -0.25) is 4.79 Å². The van der Waals surface area contributed by atoms with Crippen LogP contribution in [0.4, 0.5) is 9.52 Å². The summed E-state index contributed by atoms with van der Waals surface area (Å²) in [5.41, 5.74) is 0.637. The monoisotopic (exact) mass is 355 g/mol. The molecule has 4 nitrogen and oxygen atoms in total. The van der Waals surface area contributed by atoms with Crippen LogP contribution in [0.25, 0.3) is 0 Å². The molecule has 2 heterocycles. The summed E-state index contributed by atoms with van der Waals surface area (Å²) < 4.78 is 13.6. The zero-order valence-corrected chi connectivity index (χ0v) is 14.3. The smallest absolute Gasteiger partial charge is 0.229 e. The van der Waals surface area contributed by atoms with Gasteiger partial charge in [-0.1, -0.05) is 25.1 Å². The molecule has 1 aliphatic rings. The average molecular weight is 356 g/mol. The molecule has 1 unspecified atom stereocenters. The largest absolute Gasteiger partial charge is 0.316 e. The van der Waals surface area contributed by atoms with Crippen molar-refractivity contribution in [2.45, 2.75) is 13.3 Å². The molecule has 0 bridgehead atoms. The summed E-state index contributed by atoms with van der Waals surface area (Å²) >= 11 is 1.39. The van der Waals surface area contributed by atoms with Crippen LogP contribution in [0, 0.1) is 17.7 Å². The molecule has 0 aliphatic carbocycles. The molecular formula is C16H19ClFN3OS. The lowest BCUT2D eigenvalue weighted by Crippen LogP contribution is -2.48. The Kier molecular flexibility index (Phi) is 6.10. The topological polar surface area (TPSA) is 54.0 Å². The highest BCUT2D eigenvalue weighted by Gasteiger charge is 2.29. The summed E-state index contributed by atoms with van der Waals surface area (Å²) in [6.07, 6.45) is 2.19. The second kappa shape index (κ2) is 7.86. The van der Waals surface area contributed by atoms with Gasteiger partial charge in [0, 0.05) is 23.4 Å². The van der Waals surface area contributed by atoms with Gasteiger partial charge in [-0.15, -0.1) is 23.7 Å². The number of thiazole rings is 1. The Morgan fingerprint density at radius 1 is 1.48 bits per heavy atom. The molecule has 7 heteroatoms. The lowest BCUT2D eigenvalue weighted by Gasteiger charge is -2.31. The van der Waals surface area contributed by atoms with Gasteiger partial charge in [0.25, 0.3) is 0 Å². The standard InChI is InChI=1S/C16H18FN3OS.ClH/c1-10(12-7-18-8-12)15(21)20-16-19-9-13(22-16)6-11-4-2-3-5-14(11)17;/h2-5,9-10,12,18H,6-8H2,1H3,(H,19,20,21);1H. The molecule has 1 aromatic heterocycles. The van der Waals surface area contributed by atoms with E-state index >= 15 is 0 Å². The van der Waals surface area contributed by atoms with E-state index < -0.39 is 0 Å². The highest BCUT2D eigenvalue weighted by molar-refractivity contribution is 7.15. The van der Waals surface area contributed by atoms with Crippen LogP contribution in [0.2, 0.25) is 0 Å². The molecule has 0 spiro atoms. The SMILES string of the molecule is CC(C(=O)Nc1ncc(Cc2ccccc2F)s1)C1CNC1.Cl. The van der Waals surface area contributed by atoms with Crippen LogP contribution in [-0.2, 0) is 11.2 Å². The van der Waals surface area contributed by atoms with Crippen molar-refractivity contribution in [3.8, 4) is 0 Å². The quantitative estimate of drug-likeness (QED) is 0.866. The third-order valence-corrected chi connectivity index (χ3v) is 4.95. The fourth-order valence-electron chi connectivity index (χ4n) is 2.37. The van der Waals surface area contributed by atoms with Crippen LogP contribution in [0.5, 0.6) is 0 Å². The van der Waals surface area contributed by atoms with Gasteiger partial charge in [0.2, 0.25) is 5.91 Å². The second-order valence-electron chi connectivity index (χ2n) is 5.60. The van der Waals surface area contributed by atoms with E-state index in [1.807, 2.05) is 13.0 Å². The number of nitrogens with zero attached hydrogens (tertiary/aromatic N) is 1. The Morgan fingerprint density at radius 3 is 2.87 bits per heavy atom. The van der Waals surface area contributed by atoms with Crippen molar-refractivity contribution < 1.29 is 9.18 Å². The zero-order chi connectivity index (χ0) is 15.5. The third-order valence-electron chi connectivity index (χ3n) is 4.04. The zero-order valence-electron chi connectivity index (χ0n) is 12.7. The van der Waals surface area contributed by atoms with Gasteiger partial charge in [-0.05, 0) is 30.6 Å². The van der Waals surface area contributed by atoms with Crippen molar-refractivity contribution in [3.63, 3.8) is 0 Å². The number of anilines is 1. The van der Waals surface area contributed by atoms with E-state index in [0.717, 1.165) is 18.0 Å². The van der Waals surface area contributed by atoms with E-state index in [-0.39, 0.29) is 30.0 Å². The molecular weight excluding hydrogens is 337 g/mol. The Labute approximate surface area is 144 Å². The summed E-state index contributed by atoms with van der Waals surface area (Å²) in [6.45, 7) is 3.73. The van der Waals surface area contributed by atoms with Crippen molar-refractivity contribution in [2.24, 2.45) is 11.8 Å². The number of halogens is 2. The first-order valence-corrected chi connectivity index (χ1v) is 8.15. The number of hydrogen-bond acceptors (Lipinski definition) is 4. The Bertz CT molecular complexity index is 675. The lowest BCUT2D eigenvalue weighted by atomic mass is 9.88. The molecule has 2 N–H and O–H groups in total. The number of benzene rings is 1. The van der Waals surface area contributed by atoms with E-state index in [1.54, 1.807) is 18.3 Å². The molecule has 23 heavy (non-hydrogen) atoms. The molecule has 1 aliphatic heterocycles. The van der Waals surface area contributed by atoms with Gasteiger partial charge in [0.15, 0.2) is 5.13 Å². The minimum absolute atomic E-state index is 0. The minimum atomic E-state index is -0.215. The molecule has 0 saturated carbocycles. The van der Waals surface area contributed by atoms with Crippen LogP contribution in [0.15, 0.2) is 30.5 Å². The fraction of sp³-hybridized carbons (Fsp3) is 0.375. The van der Waals surface area contributed by atoms with Gasteiger partial charge in [-0.2, -0.15) is 0 Å². The van der Waals surface area contributed by atoms with Crippen molar-refractivity contribution >= 4 is 34.8 Å². The van der Waals surface area contributed by atoms with Gasteiger partial charge in [0.1, 0.15) is 5.82 Å². The molecule has 1 aromatic carbocycles. The summed E-state index contributed by atoms with van der Waals surface area (Å²) in [7, 11) is 0. The van der Waals surface area contributed by atoms with Crippen LogP contribution in [-0.4, -0.2) is 24.0 Å². The molecule has 1 fully saturated rings. The Hall–Kier alpha value is -1.50. The number of aromatic nitrogens is 1. The van der Waals surface area contributed by atoms with Crippen LogP contribution >= 0.6 is 23.7 Å². The van der Waals surface area contributed by atoms with Gasteiger partial charge in [-0.25, -0.2) is 9.37 Å². The number of rotatable bonds is 5. The predicted molar refractivity (Wildman–Crippen MR) is 92.7 cm³/mol. The van der Waals surface area contributed by atoms with Gasteiger partial charge >= 0.3 is 0 Å². The molecule has 2 aromatic rings. The summed E-state index contributed by atoms with van der Waals surface area (Å²) in [5.74, 6) is 0.156. The lowest BCUT2D eigenvalue weighted by molar-refractivity contribution is -0.121.